The predicted molar refractivity (Wildman–Crippen MR) is 68.0 cm³/mol. The first-order valence-corrected chi connectivity index (χ1v) is 6.10. The molecule has 0 aromatic heterocycles. The van der Waals surface area contributed by atoms with Gasteiger partial charge in [0.05, 0.1) is 0 Å². The summed E-state index contributed by atoms with van der Waals surface area (Å²) in [6, 6.07) is 8.75. The summed E-state index contributed by atoms with van der Waals surface area (Å²) in [4.78, 5) is 2.53. The second-order valence-corrected chi connectivity index (χ2v) is 5.62. The van der Waals surface area contributed by atoms with E-state index in [4.69, 9.17) is 5.73 Å². The van der Waals surface area contributed by atoms with Crippen LogP contribution in [0.4, 0.5) is 0 Å². The van der Waals surface area contributed by atoms with Crippen molar-refractivity contribution in [3.63, 3.8) is 0 Å². The summed E-state index contributed by atoms with van der Waals surface area (Å²) in [7, 11) is 0. The third-order valence-corrected chi connectivity index (χ3v) is 3.38. The first-order chi connectivity index (χ1) is 7.61. The number of nitrogens with two attached hydrogens (primary N) is 1. The minimum Gasteiger partial charge on any atom is -0.330 e. The van der Waals surface area contributed by atoms with Gasteiger partial charge in [-0.1, -0.05) is 38.1 Å². The van der Waals surface area contributed by atoms with E-state index in [1.165, 1.54) is 11.1 Å². The summed E-state index contributed by atoms with van der Waals surface area (Å²) in [5.74, 6) is 0. The Morgan fingerprint density at radius 1 is 1.19 bits per heavy atom. The Kier molecular flexibility index (Phi) is 3.31. The van der Waals surface area contributed by atoms with E-state index in [0.717, 1.165) is 32.6 Å². The molecule has 1 aromatic carbocycles. The first kappa shape index (κ1) is 11.6. The van der Waals surface area contributed by atoms with Crippen LogP contribution in [0.5, 0.6) is 0 Å². The summed E-state index contributed by atoms with van der Waals surface area (Å²) in [6.45, 7) is 8.74. The van der Waals surface area contributed by atoms with Gasteiger partial charge in [0.1, 0.15) is 0 Å². The molecule has 1 aliphatic heterocycles. The zero-order valence-electron chi connectivity index (χ0n) is 10.4. The fourth-order valence-corrected chi connectivity index (χ4v) is 2.59. The molecule has 0 fully saturated rings. The molecule has 88 valence electrons. The van der Waals surface area contributed by atoms with Crippen molar-refractivity contribution in [2.24, 2.45) is 11.1 Å². The molecule has 0 saturated carbocycles. The van der Waals surface area contributed by atoms with Crippen molar-refractivity contribution in [1.82, 2.24) is 4.90 Å². The molecule has 16 heavy (non-hydrogen) atoms. The van der Waals surface area contributed by atoms with Gasteiger partial charge in [-0.3, -0.25) is 4.90 Å². The molecule has 0 saturated heterocycles. The molecule has 0 bridgehead atoms. The molecule has 2 nitrogen and oxygen atoms in total. The van der Waals surface area contributed by atoms with Crippen LogP contribution in [-0.4, -0.2) is 18.0 Å². The Morgan fingerprint density at radius 3 is 2.25 bits per heavy atom. The molecule has 0 radical (unpaired) electrons. The van der Waals surface area contributed by atoms with Gasteiger partial charge in [0, 0.05) is 19.6 Å². The molecule has 0 spiro atoms. The van der Waals surface area contributed by atoms with E-state index >= 15 is 0 Å². The normalized spacial score (nSPS) is 16.4. The Morgan fingerprint density at radius 2 is 1.75 bits per heavy atom. The number of benzene rings is 1. The van der Waals surface area contributed by atoms with Gasteiger partial charge in [-0.25, -0.2) is 0 Å². The van der Waals surface area contributed by atoms with Crippen molar-refractivity contribution >= 4 is 0 Å². The number of fused-ring (bicyclic) bond motifs is 1. The lowest BCUT2D eigenvalue weighted by molar-refractivity contribution is 0.172. The Bertz CT molecular complexity index is 333. The quantitative estimate of drug-likeness (QED) is 0.840. The molecule has 1 aromatic rings. The minimum atomic E-state index is 0.330. The molecule has 2 N–H and O–H groups in total. The van der Waals surface area contributed by atoms with Gasteiger partial charge in [-0.05, 0) is 29.5 Å². The van der Waals surface area contributed by atoms with Crippen LogP contribution < -0.4 is 5.73 Å². The van der Waals surface area contributed by atoms with Gasteiger partial charge < -0.3 is 5.73 Å². The van der Waals surface area contributed by atoms with Crippen LogP contribution in [-0.2, 0) is 13.1 Å². The Labute approximate surface area is 98.4 Å². The van der Waals surface area contributed by atoms with Crippen molar-refractivity contribution in [3.05, 3.63) is 35.4 Å². The molecule has 2 rings (SSSR count). The van der Waals surface area contributed by atoms with E-state index in [1.807, 2.05) is 0 Å². The zero-order chi connectivity index (χ0) is 11.6. The van der Waals surface area contributed by atoms with Crippen molar-refractivity contribution in [2.75, 3.05) is 13.1 Å². The van der Waals surface area contributed by atoms with E-state index in [-0.39, 0.29) is 0 Å². The molecule has 2 heteroatoms. The average Bonchev–Trinajstić information content (AvgIpc) is 2.58. The van der Waals surface area contributed by atoms with Crippen LogP contribution in [0.25, 0.3) is 0 Å². The minimum absolute atomic E-state index is 0.330. The molecule has 0 atom stereocenters. The largest absolute Gasteiger partial charge is 0.330 e. The fourth-order valence-electron chi connectivity index (χ4n) is 2.59. The van der Waals surface area contributed by atoms with E-state index in [1.54, 1.807) is 0 Å². The van der Waals surface area contributed by atoms with Crippen molar-refractivity contribution in [3.8, 4) is 0 Å². The second-order valence-electron chi connectivity index (χ2n) is 5.62. The van der Waals surface area contributed by atoms with Gasteiger partial charge in [-0.15, -0.1) is 0 Å². The highest BCUT2D eigenvalue weighted by molar-refractivity contribution is 5.30. The van der Waals surface area contributed by atoms with Gasteiger partial charge in [0.2, 0.25) is 0 Å². The standard InChI is InChI=1S/C14H22N2/c1-14(2,7-8-15)11-16-9-12-5-3-4-6-13(12)10-16/h3-6H,7-11,15H2,1-2H3. The summed E-state index contributed by atoms with van der Waals surface area (Å²) in [6.07, 6.45) is 1.10. The summed E-state index contributed by atoms with van der Waals surface area (Å²) >= 11 is 0. The van der Waals surface area contributed by atoms with Gasteiger partial charge in [0.25, 0.3) is 0 Å². The zero-order valence-corrected chi connectivity index (χ0v) is 10.4. The highest BCUT2D eigenvalue weighted by Crippen LogP contribution is 2.28. The van der Waals surface area contributed by atoms with Crippen LogP contribution in [0.15, 0.2) is 24.3 Å². The highest BCUT2D eigenvalue weighted by atomic mass is 15.1. The number of hydrogen-bond donors (Lipinski definition) is 1. The van der Waals surface area contributed by atoms with Gasteiger partial charge in [-0.2, -0.15) is 0 Å². The lowest BCUT2D eigenvalue weighted by Crippen LogP contribution is -2.32. The summed E-state index contributed by atoms with van der Waals surface area (Å²) in [5.41, 5.74) is 8.97. The molecule has 0 unspecified atom stereocenters. The van der Waals surface area contributed by atoms with Crippen molar-refractivity contribution in [1.29, 1.82) is 0 Å². The van der Waals surface area contributed by atoms with Crippen LogP contribution >= 0.6 is 0 Å². The topological polar surface area (TPSA) is 29.3 Å². The third-order valence-electron chi connectivity index (χ3n) is 3.38. The number of nitrogens with zero attached hydrogens (tertiary/aromatic N) is 1. The smallest absolute Gasteiger partial charge is 0.0240 e. The van der Waals surface area contributed by atoms with Crippen molar-refractivity contribution < 1.29 is 0 Å². The lowest BCUT2D eigenvalue weighted by atomic mass is 9.89. The molecular formula is C14H22N2. The first-order valence-electron chi connectivity index (χ1n) is 6.10. The SMILES string of the molecule is CC(C)(CCN)CN1Cc2ccccc2C1. The van der Waals surface area contributed by atoms with E-state index in [9.17, 15) is 0 Å². The van der Waals surface area contributed by atoms with Gasteiger partial charge >= 0.3 is 0 Å². The Balaban J connectivity index is 1.97. The van der Waals surface area contributed by atoms with E-state index < -0.39 is 0 Å². The van der Waals surface area contributed by atoms with Crippen LogP contribution in [0, 0.1) is 5.41 Å². The molecule has 1 heterocycles. The maximum Gasteiger partial charge on any atom is 0.0240 e. The Hall–Kier alpha value is -0.860. The second kappa shape index (κ2) is 4.56. The van der Waals surface area contributed by atoms with Gasteiger partial charge in [0.15, 0.2) is 0 Å². The van der Waals surface area contributed by atoms with E-state index in [0.29, 0.717) is 5.41 Å². The molecule has 1 aliphatic rings. The third kappa shape index (κ3) is 2.63. The number of rotatable bonds is 4. The maximum absolute atomic E-state index is 5.65. The molecular weight excluding hydrogens is 196 g/mol. The predicted octanol–water partition coefficient (Wildman–Crippen LogP) is 2.38. The lowest BCUT2D eigenvalue weighted by Gasteiger charge is -2.29. The van der Waals surface area contributed by atoms with Crippen molar-refractivity contribution in [2.45, 2.75) is 33.4 Å². The van der Waals surface area contributed by atoms with Crippen LogP contribution in [0.1, 0.15) is 31.4 Å². The number of hydrogen-bond acceptors (Lipinski definition) is 2. The summed E-state index contributed by atoms with van der Waals surface area (Å²) in [5, 5.41) is 0. The highest BCUT2D eigenvalue weighted by Gasteiger charge is 2.25. The monoisotopic (exact) mass is 218 g/mol. The van der Waals surface area contributed by atoms with E-state index in [2.05, 4.69) is 43.0 Å². The molecule has 0 aliphatic carbocycles. The maximum atomic E-state index is 5.65. The molecule has 0 amide bonds. The average molecular weight is 218 g/mol. The van der Waals surface area contributed by atoms with Crippen LogP contribution in [0.2, 0.25) is 0 Å². The fraction of sp³-hybridized carbons (Fsp3) is 0.571. The summed E-state index contributed by atoms with van der Waals surface area (Å²) < 4.78 is 0. The van der Waals surface area contributed by atoms with Crippen LogP contribution in [0.3, 0.4) is 0 Å².